The Bertz CT molecular complexity index is 1130. The summed E-state index contributed by atoms with van der Waals surface area (Å²) in [6, 6.07) is 20.6. The molecule has 0 saturated carbocycles. The second-order valence-corrected chi connectivity index (χ2v) is 7.64. The van der Waals surface area contributed by atoms with Gasteiger partial charge in [0.1, 0.15) is 0 Å². The maximum atomic E-state index is 12.8. The number of aryl methyl sites for hydroxylation is 1. The molecule has 32 heavy (non-hydrogen) atoms. The van der Waals surface area contributed by atoms with Crippen molar-refractivity contribution in [1.82, 2.24) is 5.32 Å². The molecule has 0 aromatic heterocycles. The summed E-state index contributed by atoms with van der Waals surface area (Å²) in [5.41, 5.74) is 3.45. The van der Waals surface area contributed by atoms with Gasteiger partial charge < -0.3 is 21.3 Å². The van der Waals surface area contributed by atoms with Crippen molar-refractivity contribution in [3.63, 3.8) is 0 Å². The summed E-state index contributed by atoms with van der Waals surface area (Å²) in [6.45, 7) is 5.59. The molecular weight excluding hydrogens is 404 g/mol. The lowest BCUT2D eigenvalue weighted by molar-refractivity contribution is 0.101. The van der Waals surface area contributed by atoms with E-state index in [1.54, 1.807) is 60.7 Å². The van der Waals surface area contributed by atoms with Crippen LogP contribution in [-0.4, -0.2) is 23.9 Å². The van der Waals surface area contributed by atoms with Crippen molar-refractivity contribution in [2.75, 3.05) is 16.0 Å². The highest BCUT2D eigenvalue weighted by molar-refractivity contribution is 6.07. The maximum absolute atomic E-state index is 12.8. The van der Waals surface area contributed by atoms with Gasteiger partial charge in [-0.2, -0.15) is 0 Å². The molecule has 0 unspecified atom stereocenters. The van der Waals surface area contributed by atoms with E-state index in [0.717, 1.165) is 5.56 Å². The average molecular weight is 431 g/mol. The molecule has 0 aliphatic carbocycles. The molecule has 7 heteroatoms. The molecule has 3 aromatic carbocycles. The minimum Gasteiger partial charge on any atom is -0.336 e. The number of hydrogen-bond donors (Lipinski definition) is 4. The first kappa shape index (κ1) is 22.6. The molecule has 0 aliphatic rings. The lowest BCUT2D eigenvalue weighted by Gasteiger charge is -2.13. The highest BCUT2D eigenvalue weighted by Crippen LogP contribution is 2.22. The highest BCUT2D eigenvalue weighted by Gasteiger charge is 2.12. The largest absolute Gasteiger partial charge is 0.336 e. The first-order chi connectivity index (χ1) is 15.3. The van der Waals surface area contributed by atoms with Crippen molar-refractivity contribution in [1.29, 1.82) is 0 Å². The number of anilines is 3. The molecule has 0 atom stereocenters. The summed E-state index contributed by atoms with van der Waals surface area (Å²) in [6.07, 6.45) is 0. The van der Waals surface area contributed by atoms with E-state index in [4.69, 9.17) is 0 Å². The number of amides is 4. The van der Waals surface area contributed by atoms with Crippen LogP contribution in [-0.2, 0) is 0 Å². The maximum Gasteiger partial charge on any atom is 0.319 e. The molecule has 0 spiro atoms. The number of urea groups is 1. The first-order valence-electron chi connectivity index (χ1n) is 10.3. The standard InChI is InChI=1S/C25H26N4O3/c1-16(2)26-25(32)28-20-11-7-10-19(14-20)24(31)29-22-15-21(13-12-17(22)3)27-23(30)18-8-5-4-6-9-18/h4-16H,1-3H3,(H,27,30)(H,29,31)(H2,26,28,32). The van der Waals surface area contributed by atoms with Crippen LogP contribution in [0.2, 0.25) is 0 Å². The first-order valence-corrected chi connectivity index (χ1v) is 10.3. The zero-order valence-electron chi connectivity index (χ0n) is 18.2. The van der Waals surface area contributed by atoms with Crippen molar-refractivity contribution >= 4 is 34.9 Å². The number of carbonyl (C=O) groups excluding carboxylic acids is 3. The van der Waals surface area contributed by atoms with Crippen LogP contribution < -0.4 is 21.3 Å². The Labute approximate surface area is 187 Å². The Kier molecular flexibility index (Phi) is 7.23. The van der Waals surface area contributed by atoms with Gasteiger partial charge in [0.05, 0.1) is 0 Å². The summed E-state index contributed by atoms with van der Waals surface area (Å²) in [5.74, 6) is -0.558. The van der Waals surface area contributed by atoms with Gasteiger partial charge >= 0.3 is 6.03 Å². The summed E-state index contributed by atoms with van der Waals surface area (Å²) >= 11 is 0. The monoisotopic (exact) mass is 430 g/mol. The van der Waals surface area contributed by atoms with E-state index in [9.17, 15) is 14.4 Å². The molecule has 0 heterocycles. The zero-order chi connectivity index (χ0) is 23.1. The predicted molar refractivity (Wildman–Crippen MR) is 127 cm³/mol. The lowest BCUT2D eigenvalue weighted by Crippen LogP contribution is -2.34. The topological polar surface area (TPSA) is 99.3 Å². The van der Waals surface area contributed by atoms with E-state index in [1.165, 1.54) is 0 Å². The fraction of sp³-hybridized carbons (Fsp3) is 0.160. The van der Waals surface area contributed by atoms with Crippen LogP contribution in [0.1, 0.15) is 40.1 Å². The van der Waals surface area contributed by atoms with Crippen molar-refractivity contribution in [2.24, 2.45) is 0 Å². The van der Waals surface area contributed by atoms with E-state index in [-0.39, 0.29) is 23.9 Å². The van der Waals surface area contributed by atoms with E-state index in [2.05, 4.69) is 21.3 Å². The van der Waals surface area contributed by atoms with E-state index < -0.39 is 0 Å². The van der Waals surface area contributed by atoms with Gasteiger partial charge in [-0.25, -0.2) is 4.79 Å². The van der Waals surface area contributed by atoms with Crippen LogP contribution in [0.3, 0.4) is 0 Å². The minimum atomic E-state index is -0.338. The number of hydrogen-bond acceptors (Lipinski definition) is 3. The van der Waals surface area contributed by atoms with Crippen LogP contribution in [0, 0.1) is 6.92 Å². The van der Waals surface area contributed by atoms with Crippen molar-refractivity contribution in [2.45, 2.75) is 26.8 Å². The van der Waals surface area contributed by atoms with Crippen LogP contribution in [0.25, 0.3) is 0 Å². The van der Waals surface area contributed by atoms with Crippen LogP contribution in [0.4, 0.5) is 21.9 Å². The van der Waals surface area contributed by atoms with Crippen molar-refractivity contribution in [3.8, 4) is 0 Å². The molecular formula is C25H26N4O3. The third kappa shape index (κ3) is 6.18. The lowest BCUT2D eigenvalue weighted by atomic mass is 10.1. The third-order valence-corrected chi connectivity index (χ3v) is 4.58. The normalized spacial score (nSPS) is 10.4. The van der Waals surface area contributed by atoms with Crippen LogP contribution in [0.5, 0.6) is 0 Å². The van der Waals surface area contributed by atoms with Gasteiger partial charge in [-0.05, 0) is 68.8 Å². The van der Waals surface area contributed by atoms with Gasteiger partial charge in [-0.15, -0.1) is 0 Å². The average Bonchev–Trinajstić information content (AvgIpc) is 2.76. The molecule has 164 valence electrons. The fourth-order valence-corrected chi connectivity index (χ4v) is 2.99. The smallest absolute Gasteiger partial charge is 0.319 e. The van der Waals surface area contributed by atoms with Crippen LogP contribution >= 0.6 is 0 Å². The Balaban J connectivity index is 1.71. The second-order valence-electron chi connectivity index (χ2n) is 7.64. The molecule has 0 fully saturated rings. The summed E-state index contributed by atoms with van der Waals surface area (Å²) < 4.78 is 0. The number of carbonyl (C=O) groups is 3. The zero-order valence-corrected chi connectivity index (χ0v) is 18.2. The van der Waals surface area contributed by atoms with Crippen molar-refractivity contribution in [3.05, 3.63) is 89.5 Å². The molecule has 3 rings (SSSR count). The summed E-state index contributed by atoms with van der Waals surface area (Å²) in [7, 11) is 0. The SMILES string of the molecule is Cc1ccc(NC(=O)c2ccccc2)cc1NC(=O)c1cccc(NC(=O)NC(C)C)c1. The van der Waals surface area contributed by atoms with Gasteiger partial charge in [0, 0.05) is 34.2 Å². The molecule has 7 nitrogen and oxygen atoms in total. The Hall–Kier alpha value is -4.13. The Morgan fingerprint density at radius 1 is 0.688 bits per heavy atom. The highest BCUT2D eigenvalue weighted by atomic mass is 16.2. The van der Waals surface area contributed by atoms with Gasteiger partial charge in [0.25, 0.3) is 11.8 Å². The molecule has 0 saturated heterocycles. The third-order valence-electron chi connectivity index (χ3n) is 4.58. The van der Waals surface area contributed by atoms with E-state index in [0.29, 0.717) is 28.2 Å². The minimum absolute atomic E-state index is 0.000820. The number of nitrogens with one attached hydrogen (secondary N) is 4. The summed E-state index contributed by atoms with van der Waals surface area (Å²) in [5, 5.41) is 11.2. The predicted octanol–water partition coefficient (Wildman–Crippen LogP) is 5.03. The van der Waals surface area contributed by atoms with Gasteiger partial charge in [0.2, 0.25) is 0 Å². The number of benzene rings is 3. The van der Waals surface area contributed by atoms with Crippen molar-refractivity contribution < 1.29 is 14.4 Å². The summed E-state index contributed by atoms with van der Waals surface area (Å²) in [4.78, 5) is 37.1. The second kappa shape index (κ2) is 10.3. The van der Waals surface area contributed by atoms with E-state index >= 15 is 0 Å². The van der Waals surface area contributed by atoms with Gasteiger partial charge in [-0.1, -0.05) is 30.3 Å². The molecule has 4 amide bonds. The quantitative estimate of drug-likeness (QED) is 0.441. The Morgan fingerprint density at radius 3 is 2.06 bits per heavy atom. The molecule has 0 aliphatic heterocycles. The molecule has 0 radical (unpaired) electrons. The Morgan fingerprint density at radius 2 is 1.34 bits per heavy atom. The van der Waals surface area contributed by atoms with Gasteiger partial charge in [0.15, 0.2) is 0 Å². The number of rotatable bonds is 6. The molecule has 4 N–H and O–H groups in total. The molecule has 3 aromatic rings. The fourth-order valence-electron chi connectivity index (χ4n) is 2.99. The molecule has 0 bridgehead atoms. The van der Waals surface area contributed by atoms with Crippen LogP contribution in [0.15, 0.2) is 72.8 Å². The van der Waals surface area contributed by atoms with E-state index in [1.807, 2.05) is 32.9 Å². The van der Waals surface area contributed by atoms with Gasteiger partial charge in [-0.3, -0.25) is 9.59 Å².